The molecule has 3 aliphatic heterocycles. The maximum Gasteiger partial charge on any atom is 0.247 e. The predicted octanol–water partition coefficient (Wildman–Crippen LogP) is 0.412. The van der Waals surface area contributed by atoms with Crippen molar-refractivity contribution < 1.29 is 14.3 Å². The van der Waals surface area contributed by atoms with Crippen molar-refractivity contribution in [1.29, 1.82) is 0 Å². The minimum absolute atomic E-state index is 0. The summed E-state index contributed by atoms with van der Waals surface area (Å²) in [6.45, 7) is 8.01. The van der Waals surface area contributed by atoms with Gasteiger partial charge in [-0.1, -0.05) is 13.3 Å². The number of nitrogens with one attached hydrogen (secondary N) is 2. The van der Waals surface area contributed by atoms with Gasteiger partial charge < -0.3 is 20.3 Å². The van der Waals surface area contributed by atoms with Crippen LogP contribution in [0, 0.1) is 0 Å². The van der Waals surface area contributed by atoms with E-state index in [4.69, 9.17) is 4.74 Å². The Labute approximate surface area is 168 Å². The molecule has 3 heterocycles. The van der Waals surface area contributed by atoms with E-state index in [0.717, 1.165) is 39.0 Å². The maximum atomic E-state index is 13.2. The van der Waals surface area contributed by atoms with Crippen molar-refractivity contribution in [2.75, 3.05) is 52.5 Å². The Bertz CT molecular complexity index is 469. The molecule has 0 radical (unpaired) electrons. The van der Waals surface area contributed by atoms with Crippen LogP contribution in [0.15, 0.2) is 0 Å². The van der Waals surface area contributed by atoms with Crippen LogP contribution in [0.1, 0.15) is 32.6 Å². The quantitative estimate of drug-likeness (QED) is 0.686. The summed E-state index contributed by atoms with van der Waals surface area (Å²) < 4.78 is 5.37. The number of morpholine rings is 1. The number of hydrogen-bond acceptors (Lipinski definition) is 5. The van der Waals surface area contributed by atoms with E-state index in [-0.39, 0.29) is 36.6 Å². The van der Waals surface area contributed by atoms with E-state index in [2.05, 4.69) is 22.5 Å². The first-order valence-electron chi connectivity index (χ1n) is 9.30. The third kappa shape index (κ3) is 4.81. The molecule has 1 unspecified atom stereocenters. The standard InChI is InChI=1S/C17H30N4O3.2ClH/c1-2-3-8-21-15(22)14(13-20-9-11-24-12-10-20)19-16(23)17(21)4-6-18-7-5-17;;/h14,18H,2-13H2,1H3,(H,19,23);2*1H. The maximum absolute atomic E-state index is 13.2. The van der Waals surface area contributed by atoms with E-state index in [1.165, 1.54) is 0 Å². The van der Waals surface area contributed by atoms with Gasteiger partial charge in [-0.3, -0.25) is 14.5 Å². The third-order valence-electron chi connectivity index (χ3n) is 5.52. The number of rotatable bonds is 5. The van der Waals surface area contributed by atoms with Gasteiger partial charge in [-0.05, 0) is 32.4 Å². The lowest BCUT2D eigenvalue weighted by Gasteiger charge is -2.50. The molecule has 26 heavy (non-hydrogen) atoms. The lowest BCUT2D eigenvalue weighted by Crippen LogP contribution is -2.74. The van der Waals surface area contributed by atoms with Gasteiger partial charge in [0.2, 0.25) is 11.8 Å². The van der Waals surface area contributed by atoms with E-state index in [1.54, 1.807) is 0 Å². The van der Waals surface area contributed by atoms with Crippen LogP contribution in [0.3, 0.4) is 0 Å². The molecule has 152 valence electrons. The van der Waals surface area contributed by atoms with Crippen molar-refractivity contribution in [2.24, 2.45) is 0 Å². The fraction of sp³-hybridized carbons (Fsp3) is 0.882. The zero-order valence-electron chi connectivity index (χ0n) is 15.5. The van der Waals surface area contributed by atoms with Crippen LogP contribution < -0.4 is 10.6 Å². The monoisotopic (exact) mass is 410 g/mol. The van der Waals surface area contributed by atoms with Gasteiger partial charge in [0.05, 0.1) is 13.2 Å². The Balaban J connectivity index is 0.00000169. The molecule has 2 amide bonds. The lowest BCUT2D eigenvalue weighted by atomic mass is 9.82. The normalized spacial score (nSPS) is 26.0. The van der Waals surface area contributed by atoms with Gasteiger partial charge in [0.25, 0.3) is 0 Å². The highest BCUT2D eigenvalue weighted by molar-refractivity contribution is 6.00. The zero-order valence-corrected chi connectivity index (χ0v) is 17.1. The van der Waals surface area contributed by atoms with Crippen LogP contribution in [0.2, 0.25) is 0 Å². The van der Waals surface area contributed by atoms with E-state index in [9.17, 15) is 9.59 Å². The van der Waals surface area contributed by atoms with Crippen LogP contribution in [0.5, 0.6) is 0 Å². The summed E-state index contributed by atoms with van der Waals surface area (Å²) in [5, 5.41) is 6.35. The fourth-order valence-corrected chi connectivity index (χ4v) is 4.02. The van der Waals surface area contributed by atoms with Crippen LogP contribution >= 0.6 is 24.8 Å². The van der Waals surface area contributed by atoms with E-state index >= 15 is 0 Å². The minimum atomic E-state index is -0.640. The largest absolute Gasteiger partial charge is 0.379 e. The molecule has 0 aliphatic carbocycles. The van der Waals surface area contributed by atoms with Crippen LogP contribution in [0.25, 0.3) is 0 Å². The predicted molar refractivity (Wildman–Crippen MR) is 105 cm³/mol. The number of nitrogens with zero attached hydrogens (tertiary/aromatic N) is 2. The van der Waals surface area contributed by atoms with E-state index < -0.39 is 11.6 Å². The molecule has 2 N–H and O–H groups in total. The molecule has 3 saturated heterocycles. The van der Waals surface area contributed by atoms with Crippen molar-refractivity contribution in [3.8, 4) is 0 Å². The first-order chi connectivity index (χ1) is 11.7. The number of unbranched alkanes of at least 4 members (excludes halogenated alkanes) is 1. The number of ether oxygens (including phenoxy) is 1. The number of halogens is 2. The molecule has 0 aromatic heterocycles. The first-order valence-corrected chi connectivity index (χ1v) is 9.30. The third-order valence-corrected chi connectivity index (χ3v) is 5.52. The Morgan fingerprint density at radius 2 is 1.81 bits per heavy atom. The number of piperazine rings is 1. The molecule has 0 aromatic carbocycles. The molecule has 0 saturated carbocycles. The van der Waals surface area contributed by atoms with E-state index in [0.29, 0.717) is 39.1 Å². The van der Waals surface area contributed by atoms with Crippen molar-refractivity contribution in [1.82, 2.24) is 20.4 Å². The molecule has 7 nitrogen and oxygen atoms in total. The van der Waals surface area contributed by atoms with Crippen molar-refractivity contribution in [3.63, 3.8) is 0 Å². The Morgan fingerprint density at radius 1 is 1.15 bits per heavy atom. The number of hydrogen-bond donors (Lipinski definition) is 2. The molecule has 3 aliphatic rings. The number of amides is 2. The summed E-state index contributed by atoms with van der Waals surface area (Å²) in [7, 11) is 0. The molecule has 3 fully saturated rings. The van der Waals surface area contributed by atoms with Gasteiger partial charge >= 0.3 is 0 Å². The molecule has 9 heteroatoms. The average molecular weight is 411 g/mol. The van der Waals surface area contributed by atoms with Gasteiger partial charge in [0.1, 0.15) is 11.6 Å². The molecule has 1 atom stereocenters. The molecule has 3 rings (SSSR count). The SMILES string of the molecule is CCCCN1C(=O)C(CN2CCOCC2)NC(=O)C12CCNCC2.Cl.Cl. The first kappa shape index (κ1) is 23.4. The van der Waals surface area contributed by atoms with Crippen LogP contribution in [0.4, 0.5) is 0 Å². The topological polar surface area (TPSA) is 73.9 Å². The second kappa shape index (κ2) is 10.7. The lowest BCUT2D eigenvalue weighted by molar-refractivity contribution is -0.160. The van der Waals surface area contributed by atoms with Crippen molar-refractivity contribution in [2.45, 2.75) is 44.2 Å². The summed E-state index contributed by atoms with van der Waals surface area (Å²) in [4.78, 5) is 30.2. The summed E-state index contributed by atoms with van der Waals surface area (Å²) >= 11 is 0. The highest BCUT2D eigenvalue weighted by Crippen LogP contribution is 2.31. The highest BCUT2D eigenvalue weighted by atomic mass is 35.5. The average Bonchev–Trinajstić information content (AvgIpc) is 2.62. The summed E-state index contributed by atoms with van der Waals surface area (Å²) in [6, 6.07) is -0.423. The van der Waals surface area contributed by atoms with Crippen LogP contribution in [-0.2, 0) is 14.3 Å². The Kier molecular flexibility index (Phi) is 9.61. The van der Waals surface area contributed by atoms with Crippen molar-refractivity contribution in [3.05, 3.63) is 0 Å². The Morgan fingerprint density at radius 3 is 2.42 bits per heavy atom. The highest BCUT2D eigenvalue weighted by Gasteiger charge is 2.52. The fourth-order valence-electron chi connectivity index (χ4n) is 4.02. The molecular weight excluding hydrogens is 379 g/mol. The van der Waals surface area contributed by atoms with Gasteiger partial charge in [0, 0.05) is 26.2 Å². The van der Waals surface area contributed by atoms with Gasteiger partial charge in [-0.2, -0.15) is 0 Å². The van der Waals surface area contributed by atoms with Gasteiger partial charge in [0.15, 0.2) is 0 Å². The number of carbonyl (C=O) groups is 2. The Hall–Kier alpha value is -0.600. The minimum Gasteiger partial charge on any atom is -0.379 e. The van der Waals surface area contributed by atoms with Gasteiger partial charge in [-0.15, -0.1) is 24.8 Å². The smallest absolute Gasteiger partial charge is 0.247 e. The molecule has 0 bridgehead atoms. The molecule has 0 aromatic rings. The number of piperidine rings is 1. The summed E-state index contributed by atoms with van der Waals surface area (Å²) in [5.74, 6) is 0.134. The second-order valence-electron chi connectivity index (χ2n) is 7.06. The van der Waals surface area contributed by atoms with Crippen LogP contribution in [-0.4, -0.2) is 85.7 Å². The second-order valence-corrected chi connectivity index (χ2v) is 7.06. The van der Waals surface area contributed by atoms with Gasteiger partial charge in [-0.25, -0.2) is 0 Å². The van der Waals surface area contributed by atoms with E-state index in [1.807, 2.05) is 4.90 Å². The van der Waals surface area contributed by atoms with Crippen molar-refractivity contribution >= 4 is 36.6 Å². The molecule has 1 spiro atoms. The molecular formula is C17H32Cl2N4O3. The summed E-state index contributed by atoms with van der Waals surface area (Å²) in [6.07, 6.45) is 3.38. The number of carbonyl (C=O) groups excluding carboxylic acids is 2. The zero-order chi connectivity index (χ0) is 17.0. The summed E-state index contributed by atoms with van der Waals surface area (Å²) in [5.41, 5.74) is -0.640.